The molecule has 2 bridgehead atoms. The van der Waals surface area contributed by atoms with Crippen molar-refractivity contribution in [2.45, 2.75) is 23.8 Å². The highest BCUT2D eigenvalue weighted by Gasteiger charge is 2.58. The topological polar surface area (TPSA) is 58.9 Å². The van der Waals surface area contributed by atoms with E-state index in [4.69, 9.17) is 22.4 Å². The lowest BCUT2D eigenvalue weighted by Crippen LogP contribution is -2.44. The van der Waals surface area contributed by atoms with Gasteiger partial charge in [0.05, 0.1) is 13.2 Å². The molecule has 0 saturated carbocycles. The van der Waals surface area contributed by atoms with Gasteiger partial charge in [-0.05, 0) is 0 Å². The monoisotopic (exact) mass is 156 g/mol. The normalized spacial score (nSPS) is 55.3. The van der Waals surface area contributed by atoms with Crippen LogP contribution in [-0.2, 0) is 9.47 Å². The Labute approximate surface area is 65.5 Å². The summed E-state index contributed by atoms with van der Waals surface area (Å²) in [6.45, 7) is -0.0264. The number of hydrogen-bond acceptors (Lipinski definition) is 4. The molecule has 2 aliphatic rings. The van der Waals surface area contributed by atoms with Gasteiger partial charge in [0.15, 0.2) is 0 Å². The summed E-state index contributed by atoms with van der Waals surface area (Å²) in [5, 5.41) is 18.4. The summed E-state index contributed by atoms with van der Waals surface area (Å²) >= 11 is 0. The molecular weight excluding hydrogens is 147 g/mol. The van der Waals surface area contributed by atoms with Crippen LogP contribution in [0.3, 0.4) is 0 Å². The van der Waals surface area contributed by atoms with Crippen molar-refractivity contribution < 1.29 is 19.7 Å². The van der Waals surface area contributed by atoms with Crippen LogP contribution in [-0.4, -0.2) is 55.1 Å². The van der Waals surface area contributed by atoms with E-state index in [-0.39, 0.29) is 13.2 Å². The lowest BCUT2D eigenvalue weighted by Gasteiger charge is -2.27. The maximum Gasteiger partial charge on any atom is 0.142 e. The summed E-state index contributed by atoms with van der Waals surface area (Å²) in [5.41, 5.74) is -0.954. The van der Waals surface area contributed by atoms with E-state index in [1.807, 2.05) is 0 Å². The number of aliphatic hydroxyl groups is 2. The van der Waals surface area contributed by atoms with Crippen LogP contribution >= 0.6 is 0 Å². The number of rotatable bonds is 1. The number of fused-ring (bicyclic) bond motifs is 2. The van der Waals surface area contributed by atoms with Gasteiger partial charge in [-0.2, -0.15) is 0 Å². The van der Waals surface area contributed by atoms with Crippen molar-refractivity contribution in [1.29, 1.82) is 0 Å². The first-order valence-corrected chi connectivity index (χ1v) is 3.53. The molecular formula is C6H9BO4. The van der Waals surface area contributed by atoms with E-state index in [9.17, 15) is 5.11 Å². The average molecular weight is 156 g/mol. The SMILES string of the molecule is [B][C@@H]1O[C@@]2(CO)COC1C2O. The maximum atomic E-state index is 9.46. The maximum absolute atomic E-state index is 9.46. The van der Waals surface area contributed by atoms with Crippen LogP contribution in [0.1, 0.15) is 0 Å². The molecule has 4 atom stereocenters. The van der Waals surface area contributed by atoms with E-state index in [2.05, 4.69) is 0 Å². The van der Waals surface area contributed by atoms with E-state index in [0.29, 0.717) is 0 Å². The minimum atomic E-state index is -0.954. The number of hydrogen-bond donors (Lipinski definition) is 2. The molecule has 2 heterocycles. The second kappa shape index (κ2) is 2.20. The summed E-state index contributed by atoms with van der Waals surface area (Å²) in [6, 6.07) is -0.606. The minimum Gasteiger partial charge on any atom is -0.393 e. The molecule has 0 aromatic heterocycles. The summed E-state index contributed by atoms with van der Waals surface area (Å²) in [7, 11) is 5.45. The first-order valence-electron chi connectivity index (χ1n) is 3.53. The predicted octanol–water partition coefficient (Wildman–Crippen LogP) is -2.00. The number of aliphatic hydroxyl groups excluding tert-OH is 2. The second-order valence-corrected chi connectivity index (χ2v) is 3.03. The third kappa shape index (κ3) is 0.795. The van der Waals surface area contributed by atoms with E-state index < -0.39 is 23.8 Å². The van der Waals surface area contributed by atoms with Crippen molar-refractivity contribution in [1.82, 2.24) is 0 Å². The lowest BCUT2D eigenvalue weighted by atomic mass is 9.92. The Morgan fingerprint density at radius 1 is 1.64 bits per heavy atom. The van der Waals surface area contributed by atoms with Crippen molar-refractivity contribution in [3.63, 3.8) is 0 Å². The lowest BCUT2D eigenvalue weighted by molar-refractivity contribution is -0.136. The van der Waals surface area contributed by atoms with Gasteiger partial charge in [-0.25, -0.2) is 0 Å². The zero-order chi connectivity index (χ0) is 8.06. The summed E-state index contributed by atoms with van der Waals surface area (Å²) in [6.07, 6.45) is -1.26. The fourth-order valence-electron chi connectivity index (χ4n) is 1.61. The van der Waals surface area contributed by atoms with Crippen molar-refractivity contribution in [3.05, 3.63) is 0 Å². The Bertz CT molecular complexity index is 176. The van der Waals surface area contributed by atoms with Crippen LogP contribution in [0.5, 0.6) is 0 Å². The van der Waals surface area contributed by atoms with E-state index in [1.165, 1.54) is 0 Å². The summed E-state index contributed by atoms with van der Waals surface area (Å²) < 4.78 is 10.3. The quantitative estimate of drug-likeness (QED) is 0.431. The molecule has 2 saturated heterocycles. The molecule has 0 amide bonds. The smallest absolute Gasteiger partial charge is 0.142 e. The van der Waals surface area contributed by atoms with Crippen LogP contribution in [0.2, 0.25) is 0 Å². The molecule has 0 spiro atoms. The fourth-order valence-corrected chi connectivity index (χ4v) is 1.61. The highest BCUT2D eigenvalue weighted by molar-refractivity contribution is 6.11. The standard InChI is InChI=1S/C6H9BO4/c7-5-3-4(9)6(1-8,11-5)2-10-3/h3-5,8-9H,1-2H2/t3?,4?,5-,6+/m1/s1. The summed E-state index contributed by atoms with van der Waals surface area (Å²) in [4.78, 5) is 0. The molecule has 4 nitrogen and oxygen atoms in total. The van der Waals surface area contributed by atoms with Gasteiger partial charge in [-0.15, -0.1) is 0 Å². The Kier molecular flexibility index (Phi) is 1.51. The van der Waals surface area contributed by atoms with Gasteiger partial charge in [0.1, 0.15) is 25.7 Å². The van der Waals surface area contributed by atoms with Crippen molar-refractivity contribution in [3.8, 4) is 0 Å². The van der Waals surface area contributed by atoms with Gasteiger partial charge in [0, 0.05) is 6.00 Å². The third-order valence-electron chi connectivity index (χ3n) is 2.33. The zero-order valence-corrected chi connectivity index (χ0v) is 5.93. The first kappa shape index (κ1) is 7.55. The zero-order valence-electron chi connectivity index (χ0n) is 5.93. The van der Waals surface area contributed by atoms with Crippen LogP contribution < -0.4 is 0 Å². The molecule has 11 heavy (non-hydrogen) atoms. The Morgan fingerprint density at radius 3 is 2.64 bits per heavy atom. The predicted molar refractivity (Wildman–Crippen MR) is 36.2 cm³/mol. The average Bonchev–Trinajstić information content (AvgIpc) is 2.42. The molecule has 2 unspecified atom stereocenters. The largest absolute Gasteiger partial charge is 0.393 e. The minimum absolute atomic E-state index is 0.225. The van der Waals surface area contributed by atoms with Gasteiger partial charge in [-0.3, -0.25) is 0 Å². The van der Waals surface area contributed by atoms with Gasteiger partial charge < -0.3 is 19.7 Å². The third-order valence-corrected chi connectivity index (χ3v) is 2.33. The molecule has 2 N–H and O–H groups in total. The molecule has 2 fully saturated rings. The molecule has 2 aliphatic heterocycles. The van der Waals surface area contributed by atoms with Crippen LogP contribution in [0.15, 0.2) is 0 Å². The van der Waals surface area contributed by atoms with Gasteiger partial charge >= 0.3 is 0 Å². The van der Waals surface area contributed by atoms with Crippen molar-refractivity contribution >= 4 is 7.85 Å². The van der Waals surface area contributed by atoms with E-state index >= 15 is 0 Å². The van der Waals surface area contributed by atoms with Gasteiger partial charge in [-0.1, -0.05) is 0 Å². The molecule has 60 valence electrons. The van der Waals surface area contributed by atoms with E-state index in [0.717, 1.165) is 0 Å². The van der Waals surface area contributed by atoms with Crippen LogP contribution in [0.4, 0.5) is 0 Å². The Morgan fingerprint density at radius 2 is 2.36 bits per heavy atom. The molecule has 0 aromatic rings. The van der Waals surface area contributed by atoms with Crippen LogP contribution in [0.25, 0.3) is 0 Å². The molecule has 0 aliphatic carbocycles. The highest BCUT2D eigenvalue weighted by Crippen LogP contribution is 2.38. The van der Waals surface area contributed by atoms with Gasteiger partial charge in [0.25, 0.3) is 0 Å². The fraction of sp³-hybridized carbons (Fsp3) is 1.00. The molecule has 5 heteroatoms. The highest BCUT2D eigenvalue weighted by atomic mass is 16.6. The van der Waals surface area contributed by atoms with Gasteiger partial charge in [0.2, 0.25) is 0 Å². The molecule has 2 radical (unpaired) electrons. The first-order chi connectivity index (χ1) is 5.19. The Hall–Kier alpha value is -0.0951. The van der Waals surface area contributed by atoms with E-state index in [1.54, 1.807) is 0 Å². The van der Waals surface area contributed by atoms with Crippen molar-refractivity contribution in [2.75, 3.05) is 13.2 Å². The Balaban J connectivity index is 2.24. The molecule has 0 aromatic carbocycles. The van der Waals surface area contributed by atoms with Crippen molar-refractivity contribution in [2.24, 2.45) is 0 Å². The second-order valence-electron chi connectivity index (χ2n) is 3.03. The van der Waals surface area contributed by atoms with Crippen LogP contribution in [0, 0.1) is 0 Å². The number of ether oxygens (including phenoxy) is 2. The molecule has 2 rings (SSSR count). The summed E-state index contributed by atoms with van der Waals surface area (Å²) in [5.74, 6) is 0.